The molecule has 0 bridgehead atoms. The van der Waals surface area contributed by atoms with Gasteiger partial charge in [-0.2, -0.15) is 0 Å². The van der Waals surface area contributed by atoms with E-state index in [0.29, 0.717) is 6.42 Å². The molecule has 1 amide bonds. The molecule has 2 N–H and O–H groups in total. The van der Waals surface area contributed by atoms with E-state index in [1.807, 2.05) is 6.92 Å². The molecule has 1 aromatic rings. The van der Waals surface area contributed by atoms with E-state index in [2.05, 4.69) is 5.32 Å². The van der Waals surface area contributed by atoms with E-state index in [0.717, 1.165) is 16.8 Å². The van der Waals surface area contributed by atoms with Crippen molar-refractivity contribution in [3.05, 3.63) is 23.3 Å². The summed E-state index contributed by atoms with van der Waals surface area (Å²) in [6.07, 6.45) is 0.384. The van der Waals surface area contributed by atoms with Crippen molar-refractivity contribution in [2.24, 2.45) is 0 Å². The topological polar surface area (TPSA) is 49.3 Å². The maximum Gasteiger partial charge on any atom is 0.228 e. The summed E-state index contributed by atoms with van der Waals surface area (Å²) in [5.74, 6) is 0.254. The standard InChI is InChI=1S/C9H9NO2/c1-5-6-4-9(12)10-7(6)2-3-8(5)11/h2-3,11H,4H2,1H3,(H,10,12). The number of fused-ring (bicyclic) bond motifs is 1. The molecule has 0 saturated heterocycles. The van der Waals surface area contributed by atoms with Gasteiger partial charge in [-0.3, -0.25) is 4.79 Å². The molecular formula is C9H9NO2. The number of carbonyl (C=O) groups excluding carboxylic acids is 1. The number of benzene rings is 1. The van der Waals surface area contributed by atoms with Gasteiger partial charge in [-0.15, -0.1) is 0 Å². The highest BCUT2D eigenvalue weighted by molar-refractivity contribution is 5.99. The molecule has 1 aliphatic rings. The summed E-state index contributed by atoms with van der Waals surface area (Å²) in [6, 6.07) is 3.32. The lowest BCUT2D eigenvalue weighted by Gasteiger charge is -2.03. The number of phenols is 1. The van der Waals surface area contributed by atoms with Crippen molar-refractivity contribution in [1.29, 1.82) is 0 Å². The second-order valence-electron chi connectivity index (χ2n) is 2.96. The van der Waals surface area contributed by atoms with Crippen LogP contribution < -0.4 is 5.32 Å². The molecule has 12 heavy (non-hydrogen) atoms. The highest BCUT2D eigenvalue weighted by atomic mass is 16.3. The third-order valence-corrected chi connectivity index (χ3v) is 2.18. The largest absolute Gasteiger partial charge is 0.508 e. The third-order valence-electron chi connectivity index (χ3n) is 2.18. The molecule has 1 heterocycles. The van der Waals surface area contributed by atoms with E-state index in [4.69, 9.17) is 0 Å². The Hall–Kier alpha value is -1.51. The van der Waals surface area contributed by atoms with Gasteiger partial charge in [-0.1, -0.05) is 0 Å². The van der Waals surface area contributed by atoms with E-state index in [1.165, 1.54) is 0 Å². The first-order valence-electron chi connectivity index (χ1n) is 3.80. The van der Waals surface area contributed by atoms with Crippen LogP contribution in [0.4, 0.5) is 5.69 Å². The summed E-state index contributed by atoms with van der Waals surface area (Å²) in [5.41, 5.74) is 2.54. The Kier molecular flexibility index (Phi) is 1.33. The lowest BCUT2D eigenvalue weighted by molar-refractivity contribution is -0.115. The summed E-state index contributed by atoms with van der Waals surface area (Å²) in [4.78, 5) is 11.0. The molecule has 3 heteroatoms. The van der Waals surface area contributed by atoms with Crippen LogP contribution in [-0.2, 0) is 11.2 Å². The van der Waals surface area contributed by atoms with Gasteiger partial charge >= 0.3 is 0 Å². The van der Waals surface area contributed by atoms with Crippen molar-refractivity contribution in [1.82, 2.24) is 0 Å². The van der Waals surface area contributed by atoms with E-state index >= 15 is 0 Å². The van der Waals surface area contributed by atoms with Gasteiger partial charge in [0.15, 0.2) is 0 Å². The number of phenolic OH excluding ortho intramolecular Hbond substituents is 1. The molecule has 0 saturated carbocycles. The summed E-state index contributed by atoms with van der Waals surface area (Å²) in [6.45, 7) is 1.81. The fourth-order valence-corrected chi connectivity index (χ4v) is 1.44. The summed E-state index contributed by atoms with van der Waals surface area (Å²) in [5, 5.41) is 12.0. The van der Waals surface area contributed by atoms with Crippen molar-refractivity contribution in [3.8, 4) is 5.75 Å². The Labute approximate surface area is 70.0 Å². The van der Waals surface area contributed by atoms with E-state index in [9.17, 15) is 9.90 Å². The van der Waals surface area contributed by atoms with Crippen LogP contribution in [-0.4, -0.2) is 11.0 Å². The van der Waals surface area contributed by atoms with Gasteiger partial charge in [0.1, 0.15) is 5.75 Å². The van der Waals surface area contributed by atoms with Crippen molar-refractivity contribution in [2.75, 3.05) is 5.32 Å². The molecule has 0 unspecified atom stereocenters. The Morgan fingerprint density at radius 1 is 1.50 bits per heavy atom. The van der Waals surface area contributed by atoms with E-state index in [1.54, 1.807) is 12.1 Å². The van der Waals surface area contributed by atoms with Gasteiger partial charge in [-0.05, 0) is 30.2 Å². The minimum Gasteiger partial charge on any atom is -0.508 e. The number of aromatic hydroxyl groups is 1. The monoisotopic (exact) mass is 163 g/mol. The molecule has 62 valence electrons. The van der Waals surface area contributed by atoms with Gasteiger partial charge in [0.2, 0.25) is 5.91 Å². The van der Waals surface area contributed by atoms with Gasteiger partial charge in [0, 0.05) is 5.69 Å². The third kappa shape index (κ3) is 0.863. The number of anilines is 1. The first-order chi connectivity index (χ1) is 5.68. The highest BCUT2D eigenvalue weighted by Crippen LogP contribution is 2.31. The first kappa shape index (κ1) is 7.16. The van der Waals surface area contributed by atoms with Crippen LogP contribution in [0.15, 0.2) is 12.1 Å². The van der Waals surface area contributed by atoms with Gasteiger partial charge < -0.3 is 10.4 Å². The zero-order chi connectivity index (χ0) is 8.72. The molecule has 0 aliphatic carbocycles. The van der Waals surface area contributed by atoms with Crippen molar-refractivity contribution >= 4 is 11.6 Å². The summed E-state index contributed by atoms with van der Waals surface area (Å²) >= 11 is 0. The molecular weight excluding hydrogens is 154 g/mol. The Balaban J connectivity index is 2.61. The van der Waals surface area contributed by atoms with Crippen molar-refractivity contribution < 1.29 is 9.90 Å². The number of carbonyl (C=O) groups is 1. The lowest BCUT2D eigenvalue weighted by Crippen LogP contribution is -2.03. The Bertz CT molecular complexity index is 358. The molecule has 1 aromatic carbocycles. The zero-order valence-corrected chi connectivity index (χ0v) is 6.72. The van der Waals surface area contributed by atoms with Crippen LogP contribution in [0.25, 0.3) is 0 Å². The Morgan fingerprint density at radius 3 is 3.00 bits per heavy atom. The highest BCUT2D eigenvalue weighted by Gasteiger charge is 2.20. The molecule has 3 nitrogen and oxygen atoms in total. The lowest BCUT2D eigenvalue weighted by atomic mass is 10.1. The second-order valence-corrected chi connectivity index (χ2v) is 2.96. The van der Waals surface area contributed by atoms with Gasteiger partial charge in [0.05, 0.1) is 6.42 Å². The van der Waals surface area contributed by atoms with Gasteiger partial charge in [0.25, 0.3) is 0 Å². The normalized spacial score (nSPS) is 14.2. The van der Waals surface area contributed by atoms with Crippen molar-refractivity contribution in [3.63, 3.8) is 0 Å². The summed E-state index contributed by atoms with van der Waals surface area (Å²) < 4.78 is 0. The van der Waals surface area contributed by atoms with Crippen LogP contribution >= 0.6 is 0 Å². The predicted molar refractivity (Wildman–Crippen MR) is 45.2 cm³/mol. The predicted octanol–water partition coefficient (Wildman–Crippen LogP) is 1.20. The molecule has 0 aromatic heterocycles. The van der Waals surface area contributed by atoms with Crippen LogP contribution in [0.1, 0.15) is 11.1 Å². The fraction of sp³-hybridized carbons (Fsp3) is 0.222. The van der Waals surface area contributed by atoms with E-state index in [-0.39, 0.29) is 11.7 Å². The number of amides is 1. The molecule has 0 atom stereocenters. The summed E-state index contributed by atoms with van der Waals surface area (Å²) in [7, 11) is 0. The average molecular weight is 163 g/mol. The number of nitrogens with one attached hydrogen (secondary N) is 1. The van der Waals surface area contributed by atoms with Crippen LogP contribution in [0.3, 0.4) is 0 Å². The number of hydrogen-bond acceptors (Lipinski definition) is 2. The molecule has 1 aliphatic heterocycles. The van der Waals surface area contributed by atoms with Crippen LogP contribution in [0.5, 0.6) is 5.75 Å². The minimum absolute atomic E-state index is 0.00120. The second kappa shape index (κ2) is 2.24. The minimum atomic E-state index is -0.00120. The van der Waals surface area contributed by atoms with Crippen LogP contribution in [0.2, 0.25) is 0 Å². The van der Waals surface area contributed by atoms with Crippen LogP contribution in [0, 0.1) is 6.92 Å². The van der Waals surface area contributed by atoms with Gasteiger partial charge in [-0.25, -0.2) is 0 Å². The maximum absolute atomic E-state index is 11.0. The first-order valence-corrected chi connectivity index (χ1v) is 3.80. The smallest absolute Gasteiger partial charge is 0.228 e. The number of hydrogen-bond donors (Lipinski definition) is 2. The Morgan fingerprint density at radius 2 is 2.25 bits per heavy atom. The molecule has 0 spiro atoms. The molecule has 2 rings (SSSR count). The average Bonchev–Trinajstić information content (AvgIpc) is 2.39. The quantitative estimate of drug-likeness (QED) is 0.564. The molecule has 0 fully saturated rings. The number of rotatable bonds is 0. The maximum atomic E-state index is 11.0. The SMILES string of the molecule is Cc1c(O)ccc2c1CC(=O)N2. The zero-order valence-electron chi connectivity index (χ0n) is 6.72. The fourth-order valence-electron chi connectivity index (χ4n) is 1.44. The van der Waals surface area contributed by atoms with Crippen molar-refractivity contribution in [2.45, 2.75) is 13.3 Å². The van der Waals surface area contributed by atoms with E-state index < -0.39 is 0 Å². The molecule has 0 radical (unpaired) electrons.